The Kier molecular flexibility index (Phi) is 4.02. The van der Waals surface area contributed by atoms with Crippen molar-refractivity contribution < 1.29 is 22.7 Å². The summed E-state index contributed by atoms with van der Waals surface area (Å²) in [5.41, 5.74) is 5.91. The summed E-state index contributed by atoms with van der Waals surface area (Å²) in [5, 5.41) is 2.39. The molecule has 0 bridgehead atoms. The highest BCUT2D eigenvalue weighted by Gasteiger charge is 2.15. The molecular formula is C14H11F3N2O2. The molecule has 0 saturated heterocycles. The van der Waals surface area contributed by atoms with Crippen molar-refractivity contribution in [2.24, 2.45) is 0 Å². The van der Waals surface area contributed by atoms with Crippen LogP contribution in [0.5, 0.6) is 5.75 Å². The zero-order valence-electron chi connectivity index (χ0n) is 10.9. The molecule has 0 fully saturated rings. The smallest absolute Gasteiger partial charge is 0.255 e. The van der Waals surface area contributed by atoms with Gasteiger partial charge in [-0.2, -0.15) is 0 Å². The number of halogens is 3. The normalized spacial score (nSPS) is 10.3. The lowest BCUT2D eigenvalue weighted by molar-refractivity contribution is 0.102. The van der Waals surface area contributed by atoms with Gasteiger partial charge in [0.2, 0.25) is 0 Å². The molecule has 1 amide bonds. The van der Waals surface area contributed by atoms with Crippen LogP contribution in [-0.2, 0) is 0 Å². The highest BCUT2D eigenvalue weighted by atomic mass is 19.2. The standard InChI is InChI=1S/C14H11F3N2O2/c1-21-12-3-2-8(6-11(12)18)19-14(20)7-4-9(15)13(17)10(16)5-7/h2-6H,18H2,1H3,(H,19,20). The minimum Gasteiger partial charge on any atom is -0.495 e. The van der Waals surface area contributed by atoms with Crippen molar-refractivity contribution in [3.05, 3.63) is 53.3 Å². The molecule has 0 spiro atoms. The summed E-state index contributed by atoms with van der Waals surface area (Å²) in [7, 11) is 1.44. The topological polar surface area (TPSA) is 64.3 Å². The second kappa shape index (κ2) is 5.74. The maximum Gasteiger partial charge on any atom is 0.255 e. The molecule has 0 radical (unpaired) electrons. The van der Waals surface area contributed by atoms with E-state index in [0.717, 1.165) is 0 Å². The maximum absolute atomic E-state index is 13.1. The van der Waals surface area contributed by atoms with Gasteiger partial charge < -0.3 is 15.8 Å². The van der Waals surface area contributed by atoms with E-state index in [-0.39, 0.29) is 11.3 Å². The molecule has 0 atom stereocenters. The lowest BCUT2D eigenvalue weighted by Crippen LogP contribution is -2.13. The van der Waals surface area contributed by atoms with Crippen LogP contribution in [0.15, 0.2) is 30.3 Å². The van der Waals surface area contributed by atoms with Gasteiger partial charge in [-0.3, -0.25) is 4.79 Å². The van der Waals surface area contributed by atoms with E-state index in [1.807, 2.05) is 0 Å². The van der Waals surface area contributed by atoms with Crippen molar-refractivity contribution in [1.29, 1.82) is 0 Å². The monoisotopic (exact) mass is 296 g/mol. The number of nitrogen functional groups attached to an aromatic ring is 1. The van der Waals surface area contributed by atoms with Gasteiger partial charge in [0.25, 0.3) is 5.91 Å². The first-order valence-corrected chi connectivity index (χ1v) is 5.81. The lowest BCUT2D eigenvalue weighted by Gasteiger charge is -2.09. The van der Waals surface area contributed by atoms with Crippen molar-refractivity contribution in [2.45, 2.75) is 0 Å². The van der Waals surface area contributed by atoms with E-state index >= 15 is 0 Å². The second-order valence-corrected chi connectivity index (χ2v) is 4.16. The molecule has 2 aromatic carbocycles. The molecular weight excluding hydrogens is 285 g/mol. The first-order chi connectivity index (χ1) is 9.92. The number of carbonyl (C=O) groups excluding carboxylic acids is 1. The molecule has 0 saturated carbocycles. The molecule has 2 rings (SSSR count). The van der Waals surface area contributed by atoms with E-state index in [2.05, 4.69) is 5.32 Å². The Labute approximate surface area is 118 Å². The largest absolute Gasteiger partial charge is 0.495 e. The first-order valence-electron chi connectivity index (χ1n) is 5.81. The van der Waals surface area contributed by atoms with Gasteiger partial charge in [0.05, 0.1) is 12.8 Å². The van der Waals surface area contributed by atoms with Crippen LogP contribution in [0, 0.1) is 17.5 Å². The van der Waals surface area contributed by atoms with Crippen LogP contribution in [0.4, 0.5) is 24.5 Å². The third kappa shape index (κ3) is 3.07. The summed E-state index contributed by atoms with van der Waals surface area (Å²) >= 11 is 0. The number of carbonyl (C=O) groups is 1. The molecule has 21 heavy (non-hydrogen) atoms. The third-order valence-electron chi connectivity index (χ3n) is 2.73. The van der Waals surface area contributed by atoms with Crippen molar-refractivity contribution in [1.82, 2.24) is 0 Å². The molecule has 7 heteroatoms. The van der Waals surface area contributed by atoms with Crippen molar-refractivity contribution in [3.8, 4) is 5.75 Å². The number of nitrogens with one attached hydrogen (secondary N) is 1. The first kappa shape index (κ1) is 14.7. The van der Waals surface area contributed by atoms with E-state index in [9.17, 15) is 18.0 Å². The Morgan fingerprint density at radius 1 is 1.14 bits per heavy atom. The van der Waals surface area contributed by atoms with Gasteiger partial charge in [-0.15, -0.1) is 0 Å². The number of rotatable bonds is 3. The molecule has 0 aliphatic heterocycles. The Hall–Kier alpha value is -2.70. The fourth-order valence-corrected chi connectivity index (χ4v) is 1.70. The summed E-state index contributed by atoms with van der Waals surface area (Å²) in [5.74, 6) is -4.87. The maximum atomic E-state index is 13.1. The molecule has 2 aromatic rings. The van der Waals surface area contributed by atoms with Gasteiger partial charge in [0.15, 0.2) is 17.5 Å². The Morgan fingerprint density at radius 3 is 2.29 bits per heavy atom. The fourth-order valence-electron chi connectivity index (χ4n) is 1.70. The minimum atomic E-state index is -1.62. The molecule has 0 aliphatic carbocycles. The molecule has 3 N–H and O–H groups in total. The van der Waals surface area contributed by atoms with E-state index in [1.165, 1.54) is 25.3 Å². The van der Waals surface area contributed by atoms with Crippen LogP contribution in [0.1, 0.15) is 10.4 Å². The number of nitrogens with two attached hydrogens (primary N) is 1. The van der Waals surface area contributed by atoms with E-state index < -0.39 is 23.4 Å². The fraction of sp³-hybridized carbons (Fsp3) is 0.0714. The van der Waals surface area contributed by atoms with E-state index in [1.54, 1.807) is 0 Å². The molecule has 0 heterocycles. The number of amides is 1. The predicted molar refractivity (Wildman–Crippen MR) is 71.7 cm³/mol. The average Bonchev–Trinajstić information content (AvgIpc) is 2.44. The summed E-state index contributed by atoms with van der Waals surface area (Å²) in [6, 6.07) is 5.67. The quantitative estimate of drug-likeness (QED) is 0.676. The van der Waals surface area contributed by atoms with Crippen LogP contribution >= 0.6 is 0 Å². The van der Waals surface area contributed by atoms with Gasteiger partial charge >= 0.3 is 0 Å². The SMILES string of the molecule is COc1ccc(NC(=O)c2cc(F)c(F)c(F)c2)cc1N. The minimum absolute atomic E-state index is 0.284. The van der Waals surface area contributed by atoms with Crippen LogP contribution in [0.2, 0.25) is 0 Å². The molecule has 0 aliphatic rings. The molecule has 0 unspecified atom stereocenters. The van der Waals surface area contributed by atoms with Crippen molar-refractivity contribution in [2.75, 3.05) is 18.2 Å². The molecule has 0 aromatic heterocycles. The summed E-state index contributed by atoms with van der Waals surface area (Å²) in [4.78, 5) is 11.9. The van der Waals surface area contributed by atoms with Gasteiger partial charge in [-0.05, 0) is 30.3 Å². The number of methoxy groups -OCH3 is 1. The van der Waals surface area contributed by atoms with Crippen molar-refractivity contribution >= 4 is 17.3 Å². The Balaban J connectivity index is 2.24. The Bertz CT molecular complexity index is 682. The number of benzene rings is 2. The lowest BCUT2D eigenvalue weighted by atomic mass is 10.2. The highest BCUT2D eigenvalue weighted by molar-refractivity contribution is 6.04. The second-order valence-electron chi connectivity index (χ2n) is 4.16. The third-order valence-corrected chi connectivity index (χ3v) is 2.73. The van der Waals surface area contributed by atoms with Gasteiger partial charge in [-0.25, -0.2) is 13.2 Å². The highest BCUT2D eigenvalue weighted by Crippen LogP contribution is 2.25. The number of anilines is 2. The van der Waals surface area contributed by atoms with Crippen LogP contribution in [-0.4, -0.2) is 13.0 Å². The number of hydrogen-bond acceptors (Lipinski definition) is 3. The van der Waals surface area contributed by atoms with Crippen LogP contribution in [0.3, 0.4) is 0 Å². The van der Waals surface area contributed by atoms with E-state index in [0.29, 0.717) is 23.6 Å². The number of hydrogen-bond donors (Lipinski definition) is 2. The zero-order chi connectivity index (χ0) is 15.6. The summed E-state index contributed by atoms with van der Waals surface area (Å²) in [6.07, 6.45) is 0. The predicted octanol–water partition coefficient (Wildman–Crippen LogP) is 2.95. The van der Waals surface area contributed by atoms with Crippen molar-refractivity contribution in [3.63, 3.8) is 0 Å². The zero-order valence-corrected chi connectivity index (χ0v) is 10.9. The summed E-state index contributed by atoms with van der Waals surface area (Å²) in [6.45, 7) is 0. The molecule has 110 valence electrons. The van der Waals surface area contributed by atoms with Gasteiger partial charge in [-0.1, -0.05) is 0 Å². The van der Waals surface area contributed by atoms with E-state index in [4.69, 9.17) is 10.5 Å². The van der Waals surface area contributed by atoms with Gasteiger partial charge in [0, 0.05) is 11.3 Å². The van der Waals surface area contributed by atoms with Crippen LogP contribution in [0.25, 0.3) is 0 Å². The van der Waals surface area contributed by atoms with Crippen LogP contribution < -0.4 is 15.8 Å². The average molecular weight is 296 g/mol. The number of ether oxygens (including phenoxy) is 1. The summed E-state index contributed by atoms with van der Waals surface area (Å²) < 4.78 is 43.9. The Morgan fingerprint density at radius 2 is 1.76 bits per heavy atom. The molecule has 4 nitrogen and oxygen atoms in total. The van der Waals surface area contributed by atoms with Gasteiger partial charge in [0.1, 0.15) is 5.75 Å².